The van der Waals surface area contributed by atoms with Crippen LogP contribution in [-0.4, -0.2) is 17.8 Å². The lowest BCUT2D eigenvalue weighted by Gasteiger charge is -2.29. The van der Waals surface area contributed by atoms with E-state index in [9.17, 15) is 18.0 Å². The predicted molar refractivity (Wildman–Crippen MR) is 107 cm³/mol. The van der Waals surface area contributed by atoms with Gasteiger partial charge < -0.3 is 14.6 Å². The molecule has 2 heterocycles. The molecule has 30 heavy (non-hydrogen) atoms. The summed E-state index contributed by atoms with van der Waals surface area (Å²) in [6.07, 6.45) is -5.18. The minimum Gasteiger partial charge on any atom is -0.460 e. The van der Waals surface area contributed by atoms with Crippen LogP contribution >= 0.6 is 34.8 Å². The summed E-state index contributed by atoms with van der Waals surface area (Å²) in [4.78, 5) is 16.4. The molecule has 0 radical (unpaired) electrons. The number of carbonyl (C=O) groups is 1. The van der Waals surface area contributed by atoms with Gasteiger partial charge in [0.05, 0.1) is 21.5 Å². The first kappa shape index (κ1) is 22.8. The van der Waals surface area contributed by atoms with Crippen molar-refractivity contribution in [2.45, 2.75) is 45.0 Å². The molecule has 0 aliphatic carbocycles. The van der Waals surface area contributed by atoms with E-state index in [2.05, 4.69) is 10.5 Å². The first-order valence-corrected chi connectivity index (χ1v) is 9.95. The summed E-state index contributed by atoms with van der Waals surface area (Å²) in [5.74, 6) is 0.406. The molecule has 0 spiro atoms. The Kier molecular flexibility index (Phi) is 6.32. The first-order valence-electron chi connectivity index (χ1n) is 8.81. The Bertz CT molecular complexity index is 997. The number of nitrogens with one attached hydrogen (secondary N) is 1. The third-order valence-corrected chi connectivity index (χ3v) is 5.94. The van der Waals surface area contributed by atoms with E-state index < -0.39 is 18.2 Å². The van der Waals surface area contributed by atoms with Crippen LogP contribution in [0, 0.1) is 6.92 Å². The Morgan fingerprint density at radius 1 is 1.23 bits per heavy atom. The smallest absolute Gasteiger partial charge is 0.435 e. The van der Waals surface area contributed by atoms with Crippen LogP contribution < -0.4 is 5.32 Å². The molecule has 0 saturated carbocycles. The van der Waals surface area contributed by atoms with Crippen LogP contribution in [0.3, 0.4) is 0 Å². The van der Waals surface area contributed by atoms with Crippen LogP contribution in [-0.2, 0) is 21.8 Å². The fourth-order valence-corrected chi connectivity index (χ4v) is 3.58. The number of benzene rings is 1. The minimum absolute atomic E-state index is 0.0364. The van der Waals surface area contributed by atoms with Crippen LogP contribution in [0.25, 0.3) is 0 Å². The molecule has 11 heteroatoms. The zero-order valence-electron chi connectivity index (χ0n) is 15.8. The second kappa shape index (κ2) is 8.32. The highest BCUT2D eigenvalue weighted by molar-refractivity contribution is 6.48. The number of alkyl halides is 3. The average molecular weight is 484 g/mol. The Labute approximate surface area is 185 Å². The summed E-state index contributed by atoms with van der Waals surface area (Å²) in [7, 11) is 0. The van der Waals surface area contributed by atoms with Crippen molar-refractivity contribution in [2.24, 2.45) is 5.16 Å². The number of amides is 1. The van der Waals surface area contributed by atoms with Gasteiger partial charge in [-0.3, -0.25) is 4.79 Å². The number of oxime groups is 1. The number of furan rings is 1. The molecule has 0 saturated heterocycles. The maximum atomic E-state index is 14.1. The van der Waals surface area contributed by atoms with E-state index in [0.29, 0.717) is 17.7 Å². The molecule has 5 nitrogen and oxygen atoms in total. The molecule has 0 bridgehead atoms. The van der Waals surface area contributed by atoms with Gasteiger partial charge in [0, 0.05) is 24.1 Å². The second-order valence-corrected chi connectivity index (χ2v) is 7.90. The van der Waals surface area contributed by atoms with Gasteiger partial charge in [-0.1, -0.05) is 46.9 Å². The molecule has 1 N–H and O–H groups in total. The van der Waals surface area contributed by atoms with Gasteiger partial charge in [-0.25, -0.2) is 0 Å². The number of halogens is 6. The van der Waals surface area contributed by atoms with Crippen molar-refractivity contribution >= 4 is 46.4 Å². The van der Waals surface area contributed by atoms with Crippen molar-refractivity contribution in [3.8, 4) is 0 Å². The maximum absolute atomic E-state index is 14.1. The molecule has 1 atom stereocenters. The number of rotatable bonds is 5. The minimum atomic E-state index is -4.84. The topological polar surface area (TPSA) is 63.8 Å². The van der Waals surface area contributed by atoms with Gasteiger partial charge in [0.1, 0.15) is 11.5 Å². The third-order valence-electron chi connectivity index (χ3n) is 4.74. The number of nitrogens with zero attached hydrogens (tertiary/aromatic N) is 1. The molecule has 1 aromatic heterocycles. The van der Waals surface area contributed by atoms with Crippen molar-refractivity contribution in [1.82, 2.24) is 5.32 Å². The van der Waals surface area contributed by atoms with Crippen molar-refractivity contribution < 1.29 is 27.2 Å². The molecular weight excluding hydrogens is 468 g/mol. The van der Waals surface area contributed by atoms with E-state index in [1.54, 1.807) is 13.8 Å². The van der Waals surface area contributed by atoms with Crippen molar-refractivity contribution in [3.05, 3.63) is 55.9 Å². The molecule has 1 unspecified atom stereocenters. The number of hydrogen-bond acceptors (Lipinski definition) is 4. The van der Waals surface area contributed by atoms with Crippen molar-refractivity contribution in [1.29, 1.82) is 0 Å². The molecule has 2 aromatic rings. The lowest BCUT2D eigenvalue weighted by Crippen LogP contribution is -2.42. The highest BCUT2D eigenvalue weighted by Gasteiger charge is 2.62. The van der Waals surface area contributed by atoms with Gasteiger partial charge in [0.25, 0.3) is 5.60 Å². The lowest BCUT2D eigenvalue weighted by molar-refractivity contribution is -0.275. The molecule has 1 aromatic carbocycles. The van der Waals surface area contributed by atoms with E-state index >= 15 is 0 Å². The SMILES string of the molecule is CCC(=O)NCc1cc(C2=NOC(c3cc(Cl)c(Cl)c(Cl)c3)(C(F)(F)F)C2)oc1C. The Hall–Kier alpha value is -1.90. The zero-order chi connectivity index (χ0) is 22.3. The van der Waals surface area contributed by atoms with Gasteiger partial charge in [-0.2, -0.15) is 13.2 Å². The summed E-state index contributed by atoms with van der Waals surface area (Å²) in [5, 5.41) is 6.00. The fourth-order valence-electron chi connectivity index (χ4n) is 2.98. The molecule has 162 valence electrons. The van der Waals surface area contributed by atoms with Gasteiger partial charge in [-0.05, 0) is 25.1 Å². The molecule has 3 rings (SSSR count). The quantitative estimate of drug-likeness (QED) is 0.518. The molecule has 1 amide bonds. The molecule has 1 aliphatic rings. The van der Waals surface area contributed by atoms with E-state index in [0.717, 1.165) is 12.1 Å². The summed E-state index contributed by atoms with van der Waals surface area (Å²) in [6.45, 7) is 3.53. The standard InChI is InChI=1S/C19H16Cl3F3N2O3/c1-3-16(28)26-8-10-4-15(29-9(10)2)14-7-18(30-27-14,19(23,24)25)11-5-12(20)17(22)13(21)6-11/h4-6H,3,7-8H2,1-2H3,(H,26,28). The third kappa shape index (κ3) is 4.13. The van der Waals surface area contributed by atoms with Crippen LogP contribution in [0.5, 0.6) is 0 Å². The highest BCUT2D eigenvalue weighted by Crippen LogP contribution is 2.50. The number of aryl methyl sites for hydroxylation is 1. The Morgan fingerprint density at radius 2 is 1.87 bits per heavy atom. The number of hydrogen-bond donors (Lipinski definition) is 1. The summed E-state index contributed by atoms with van der Waals surface area (Å²) in [5.41, 5.74) is -2.54. The summed E-state index contributed by atoms with van der Waals surface area (Å²) >= 11 is 17.7. The second-order valence-electron chi connectivity index (χ2n) is 6.71. The average Bonchev–Trinajstić information content (AvgIpc) is 3.28. The van der Waals surface area contributed by atoms with Crippen LogP contribution in [0.1, 0.15) is 42.4 Å². The Balaban J connectivity index is 1.92. The van der Waals surface area contributed by atoms with Crippen LogP contribution in [0.4, 0.5) is 13.2 Å². The molecule has 0 fully saturated rings. The highest BCUT2D eigenvalue weighted by atomic mass is 35.5. The van der Waals surface area contributed by atoms with E-state index in [1.165, 1.54) is 6.07 Å². The molecule has 1 aliphatic heterocycles. The zero-order valence-corrected chi connectivity index (χ0v) is 18.1. The normalized spacial score (nSPS) is 18.9. The van der Waals surface area contributed by atoms with Crippen molar-refractivity contribution in [3.63, 3.8) is 0 Å². The maximum Gasteiger partial charge on any atom is 0.435 e. The van der Waals surface area contributed by atoms with Gasteiger partial charge in [-0.15, -0.1) is 0 Å². The van der Waals surface area contributed by atoms with E-state index in [1.807, 2.05) is 0 Å². The fraction of sp³-hybridized carbons (Fsp3) is 0.368. The summed E-state index contributed by atoms with van der Waals surface area (Å²) < 4.78 is 47.8. The van der Waals surface area contributed by atoms with E-state index in [-0.39, 0.29) is 44.6 Å². The van der Waals surface area contributed by atoms with Crippen LogP contribution in [0.15, 0.2) is 27.8 Å². The van der Waals surface area contributed by atoms with Gasteiger partial charge in [0.2, 0.25) is 5.91 Å². The lowest BCUT2D eigenvalue weighted by atomic mass is 9.87. The van der Waals surface area contributed by atoms with Crippen LogP contribution in [0.2, 0.25) is 15.1 Å². The predicted octanol–water partition coefficient (Wildman–Crippen LogP) is 6.16. The largest absolute Gasteiger partial charge is 0.460 e. The Morgan fingerprint density at radius 3 is 2.43 bits per heavy atom. The van der Waals surface area contributed by atoms with Gasteiger partial charge in [0.15, 0.2) is 5.76 Å². The summed E-state index contributed by atoms with van der Waals surface area (Å²) in [6, 6.07) is 3.64. The number of carbonyl (C=O) groups excluding carboxylic acids is 1. The first-order chi connectivity index (χ1) is 14.0. The van der Waals surface area contributed by atoms with Crippen molar-refractivity contribution in [2.75, 3.05) is 0 Å². The molecular formula is C19H16Cl3F3N2O3. The van der Waals surface area contributed by atoms with E-state index in [4.69, 9.17) is 44.1 Å². The van der Waals surface area contributed by atoms with Gasteiger partial charge >= 0.3 is 6.18 Å². The monoisotopic (exact) mass is 482 g/mol.